The van der Waals surface area contributed by atoms with Crippen LogP contribution in [0, 0.1) is 11.3 Å². The van der Waals surface area contributed by atoms with E-state index in [1.54, 1.807) is 6.92 Å². The maximum absolute atomic E-state index is 11.4. The highest BCUT2D eigenvalue weighted by molar-refractivity contribution is 9.10. The third-order valence-electron chi connectivity index (χ3n) is 3.16. The zero-order valence-electron chi connectivity index (χ0n) is 11.7. The number of nitriles is 1. The molecule has 0 unspecified atom stereocenters. The molecule has 0 amide bonds. The molecular formula is C17H15BrN2O. The Labute approximate surface area is 132 Å². The fraction of sp³-hybridized carbons (Fsp3) is 0.176. The fourth-order valence-electron chi connectivity index (χ4n) is 2.10. The summed E-state index contributed by atoms with van der Waals surface area (Å²) in [6, 6.07) is 17.6. The molecule has 0 bridgehead atoms. The van der Waals surface area contributed by atoms with Crippen molar-refractivity contribution < 1.29 is 4.79 Å². The predicted octanol–water partition coefficient (Wildman–Crippen LogP) is 4.70. The first-order chi connectivity index (χ1) is 10.1. The first kappa shape index (κ1) is 15.3. The van der Waals surface area contributed by atoms with Gasteiger partial charge in [-0.15, -0.1) is 0 Å². The van der Waals surface area contributed by atoms with E-state index in [1.807, 2.05) is 48.5 Å². The van der Waals surface area contributed by atoms with Crippen molar-refractivity contribution in [1.82, 2.24) is 0 Å². The molecule has 0 saturated heterocycles. The molecule has 0 aliphatic rings. The van der Waals surface area contributed by atoms with Crippen molar-refractivity contribution in [3.8, 4) is 6.07 Å². The average molecular weight is 343 g/mol. The molecule has 0 aliphatic carbocycles. The van der Waals surface area contributed by atoms with Gasteiger partial charge in [-0.3, -0.25) is 4.79 Å². The summed E-state index contributed by atoms with van der Waals surface area (Å²) in [5, 5.41) is 8.86. The fourth-order valence-corrected chi connectivity index (χ4v) is 2.70. The number of rotatable bonds is 5. The Balaban J connectivity index is 2.42. The van der Waals surface area contributed by atoms with E-state index in [0.29, 0.717) is 18.5 Å². The van der Waals surface area contributed by atoms with Crippen LogP contribution in [0.1, 0.15) is 23.7 Å². The van der Waals surface area contributed by atoms with Crippen LogP contribution in [0.15, 0.2) is 53.0 Å². The summed E-state index contributed by atoms with van der Waals surface area (Å²) in [6.07, 6.45) is 0.426. The van der Waals surface area contributed by atoms with Crippen molar-refractivity contribution in [2.75, 3.05) is 11.4 Å². The molecule has 2 rings (SSSR count). The predicted molar refractivity (Wildman–Crippen MR) is 87.8 cm³/mol. The lowest BCUT2D eigenvalue weighted by molar-refractivity contribution is 0.101. The highest BCUT2D eigenvalue weighted by atomic mass is 79.9. The van der Waals surface area contributed by atoms with Gasteiger partial charge in [-0.05, 0) is 53.2 Å². The maximum Gasteiger partial charge on any atom is 0.159 e. The molecule has 0 radical (unpaired) electrons. The minimum absolute atomic E-state index is 0.0329. The van der Waals surface area contributed by atoms with Crippen LogP contribution in [0.2, 0.25) is 0 Å². The molecule has 0 spiro atoms. The summed E-state index contributed by atoms with van der Waals surface area (Å²) in [6.45, 7) is 2.14. The molecule has 0 saturated carbocycles. The van der Waals surface area contributed by atoms with E-state index < -0.39 is 0 Å². The first-order valence-electron chi connectivity index (χ1n) is 6.63. The second kappa shape index (κ2) is 7.05. The van der Waals surface area contributed by atoms with E-state index in [0.717, 1.165) is 15.8 Å². The van der Waals surface area contributed by atoms with Crippen molar-refractivity contribution in [2.45, 2.75) is 13.3 Å². The van der Waals surface area contributed by atoms with E-state index in [9.17, 15) is 4.79 Å². The minimum Gasteiger partial charge on any atom is -0.340 e. The van der Waals surface area contributed by atoms with Crippen LogP contribution in [-0.4, -0.2) is 12.3 Å². The number of hydrogen-bond donors (Lipinski definition) is 0. The third kappa shape index (κ3) is 3.71. The molecule has 2 aromatic carbocycles. The van der Waals surface area contributed by atoms with Crippen LogP contribution in [0.25, 0.3) is 0 Å². The Kier molecular flexibility index (Phi) is 5.13. The lowest BCUT2D eigenvalue weighted by atomic mass is 10.1. The van der Waals surface area contributed by atoms with Gasteiger partial charge in [0.25, 0.3) is 0 Å². The summed E-state index contributed by atoms with van der Waals surface area (Å²) in [4.78, 5) is 13.5. The van der Waals surface area contributed by atoms with Gasteiger partial charge >= 0.3 is 0 Å². The molecule has 0 atom stereocenters. The summed E-state index contributed by atoms with van der Waals surface area (Å²) in [5.74, 6) is 0.0329. The van der Waals surface area contributed by atoms with Gasteiger partial charge in [0.1, 0.15) is 0 Å². The Bertz CT molecular complexity index is 677. The largest absolute Gasteiger partial charge is 0.340 e. The number of hydrogen-bond acceptors (Lipinski definition) is 3. The monoisotopic (exact) mass is 342 g/mol. The van der Waals surface area contributed by atoms with Crippen LogP contribution in [0.3, 0.4) is 0 Å². The molecule has 0 aromatic heterocycles. The van der Waals surface area contributed by atoms with Crippen molar-refractivity contribution in [3.05, 3.63) is 58.6 Å². The van der Waals surface area contributed by atoms with Crippen LogP contribution in [0.5, 0.6) is 0 Å². The summed E-state index contributed by atoms with van der Waals surface area (Å²) in [5.41, 5.74) is 2.63. The van der Waals surface area contributed by atoms with Gasteiger partial charge in [0.15, 0.2) is 5.78 Å². The van der Waals surface area contributed by atoms with Crippen LogP contribution in [0.4, 0.5) is 11.4 Å². The second-order valence-corrected chi connectivity index (χ2v) is 5.47. The lowest BCUT2D eigenvalue weighted by Gasteiger charge is -2.25. The average Bonchev–Trinajstić information content (AvgIpc) is 2.50. The maximum atomic E-state index is 11.4. The number of nitrogens with zero attached hydrogens (tertiary/aromatic N) is 2. The number of carbonyl (C=O) groups excluding carboxylic acids is 1. The lowest BCUT2D eigenvalue weighted by Crippen LogP contribution is -2.18. The van der Waals surface area contributed by atoms with Crippen LogP contribution in [-0.2, 0) is 0 Å². The molecule has 3 nitrogen and oxygen atoms in total. The van der Waals surface area contributed by atoms with Crippen molar-refractivity contribution >= 4 is 33.1 Å². The molecular weight excluding hydrogens is 328 g/mol. The number of benzene rings is 2. The number of carbonyl (C=O) groups is 1. The summed E-state index contributed by atoms with van der Waals surface area (Å²) >= 11 is 3.53. The van der Waals surface area contributed by atoms with Crippen molar-refractivity contribution in [2.24, 2.45) is 0 Å². The SMILES string of the molecule is CC(=O)c1ccc(N(CCC#N)c2ccccc2)c(Br)c1. The zero-order chi connectivity index (χ0) is 15.2. The van der Waals surface area contributed by atoms with Crippen LogP contribution < -0.4 is 4.90 Å². The quantitative estimate of drug-likeness (QED) is 0.739. The van der Waals surface area contributed by atoms with Crippen molar-refractivity contribution in [1.29, 1.82) is 5.26 Å². The smallest absolute Gasteiger partial charge is 0.159 e. The highest BCUT2D eigenvalue weighted by Gasteiger charge is 2.13. The molecule has 106 valence electrons. The third-order valence-corrected chi connectivity index (χ3v) is 3.80. The van der Waals surface area contributed by atoms with Gasteiger partial charge in [0, 0.05) is 22.3 Å². The Hall–Kier alpha value is -2.12. The molecule has 21 heavy (non-hydrogen) atoms. The van der Waals surface area contributed by atoms with Gasteiger partial charge in [-0.2, -0.15) is 5.26 Å². The number of ketones is 1. The van der Waals surface area contributed by atoms with E-state index in [4.69, 9.17) is 5.26 Å². The topological polar surface area (TPSA) is 44.1 Å². The van der Waals surface area contributed by atoms with Gasteiger partial charge < -0.3 is 4.90 Å². The Morgan fingerprint density at radius 2 is 1.95 bits per heavy atom. The Morgan fingerprint density at radius 1 is 1.24 bits per heavy atom. The molecule has 2 aromatic rings. The Morgan fingerprint density at radius 3 is 2.52 bits per heavy atom. The van der Waals surface area contributed by atoms with E-state index in [1.165, 1.54) is 0 Å². The first-order valence-corrected chi connectivity index (χ1v) is 7.43. The molecule has 0 heterocycles. The van der Waals surface area contributed by atoms with Gasteiger partial charge in [0.2, 0.25) is 0 Å². The second-order valence-electron chi connectivity index (χ2n) is 4.62. The van der Waals surface area contributed by atoms with E-state index in [2.05, 4.69) is 26.9 Å². The number of Topliss-reactive ketones (excluding diaryl/α,β-unsaturated/α-hetero) is 1. The molecule has 0 aliphatic heterocycles. The van der Waals surface area contributed by atoms with E-state index >= 15 is 0 Å². The van der Waals surface area contributed by atoms with E-state index in [-0.39, 0.29) is 5.78 Å². The number of halogens is 1. The normalized spacial score (nSPS) is 9.95. The zero-order valence-corrected chi connectivity index (χ0v) is 13.3. The highest BCUT2D eigenvalue weighted by Crippen LogP contribution is 2.33. The van der Waals surface area contributed by atoms with Crippen LogP contribution >= 0.6 is 15.9 Å². The molecule has 0 fully saturated rings. The number of anilines is 2. The molecule has 4 heteroatoms. The van der Waals surface area contributed by atoms with Gasteiger partial charge in [-0.25, -0.2) is 0 Å². The van der Waals surface area contributed by atoms with Crippen molar-refractivity contribution in [3.63, 3.8) is 0 Å². The standard InChI is InChI=1S/C17H15BrN2O/c1-13(21)14-8-9-17(16(18)12-14)20(11-5-10-19)15-6-3-2-4-7-15/h2-4,6-9,12H,5,11H2,1H3. The minimum atomic E-state index is 0.0329. The summed E-state index contributed by atoms with van der Waals surface area (Å²) in [7, 11) is 0. The number of para-hydroxylation sites is 1. The van der Waals surface area contributed by atoms with Gasteiger partial charge in [-0.1, -0.05) is 18.2 Å². The summed E-state index contributed by atoms with van der Waals surface area (Å²) < 4.78 is 0.844. The molecule has 0 N–H and O–H groups in total. The van der Waals surface area contributed by atoms with Gasteiger partial charge in [0.05, 0.1) is 18.2 Å².